The zero-order chi connectivity index (χ0) is 15.2. The molecule has 0 aliphatic heterocycles. The first-order valence-corrected chi connectivity index (χ1v) is 6.99. The minimum atomic E-state index is 0.381. The van der Waals surface area contributed by atoms with Crippen LogP contribution in [0.15, 0.2) is 28.7 Å². The lowest BCUT2D eigenvalue weighted by Crippen LogP contribution is -2.22. The van der Waals surface area contributed by atoms with Crippen molar-refractivity contribution in [3.63, 3.8) is 0 Å². The van der Waals surface area contributed by atoms with Gasteiger partial charge in [0.25, 0.3) is 0 Å². The Morgan fingerprint density at radius 2 is 2.05 bits per heavy atom. The molecule has 0 aliphatic carbocycles. The molecule has 0 saturated heterocycles. The lowest BCUT2D eigenvalue weighted by molar-refractivity contribution is 0.408. The number of benzene rings is 1. The molecule has 0 radical (unpaired) electrons. The summed E-state index contributed by atoms with van der Waals surface area (Å²) >= 11 is 0. The Morgan fingerprint density at radius 3 is 2.76 bits per heavy atom. The van der Waals surface area contributed by atoms with Crippen molar-refractivity contribution in [3.05, 3.63) is 35.7 Å². The van der Waals surface area contributed by atoms with E-state index in [9.17, 15) is 0 Å². The number of aromatic nitrogens is 2. The summed E-state index contributed by atoms with van der Waals surface area (Å²) in [5.41, 5.74) is 1.07. The molecule has 6 nitrogen and oxygen atoms in total. The van der Waals surface area contributed by atoms with Gasteiger partial charge in [-0.1, -0.05) is 37.1 Å². The molecule has 1 heterocycles. The molecule has 1 N–H and O–H groups in total. The molecular weight excluding hydrogens is 268 g/mol. The first-order valence-electron chi connectivity index (χ1n) is 6.99. The van der Waals surface area contributed by atoms with Crippen LogP contribution in [0, 0.1) is 0 Å². The fourth-order valence-electron chi connectivity index (χ4n) is 1.92. The number of methoxy groups -OCH3 is 1. The average Bonchev–Trinajstić information content (AvgIpc) is 2.94. The van der Waals surface area contributed by atoms with Crippen LogP contribution in [-0.2, 0) is 13.1 Å². The van der Waals surface area contributed by atoms with Crippen LogP contribution >= 0.6 is 0 Å². The van der Waals surface area contributed by atoms with Crippen LogP contribution in [0.2, 0.25) is 0 Å². The maximum absolute atomic E-state index is 5.64. The highest BCUT2D eigenvalue weighted by Gasteiger charge is 2.13. The van der Waals surface area contributed by atoms with Gasteiger partial charge in [-0.15, -0.1) is 5.10 Å². The van der Waals surface area contributed by atoms with E-state index in [1.54, 1.807) is 7.11 Å². The maximum Gasteiger partial charge on any atom is 0.318 e. The summed E-state index contributed by atoms with van der Waals surface area (Å²) in [4.78, 5) is 1.91. The van der Waals surface area contributed by atoms with Crippen LogP contribution in [-0.4, -0.2) is 30.4 Å². The average molecular weight is 290 g/mol. The highest BCUT2D eigenvalue weighted by molar-refractivity contribution is 5.37. The topological polar surface area (TPSA) is 63.4 Å². The predicted molar refractivity (Wildman–Crippen MR) is 81.4 cm³/mol. The van der Waals surface area contributed by atoms with E-state index in [0.29, 0.717) is 31.0 Å². The Bertz CT molecular complexity index is 568. The third kappa shape index (κ3) is 4.19. The lowest BCUT2D eigenvalue weighted by atomic mass is 10.2. The monoisotopic (exact) mass is 290 g/mol. The summed E-state index contributed by atoms with van der Waals surface area (Å²) in [6, 6.07) is 8.78. The van der Waals surface area contributed by atoms with Gasteiger partial charge in [0.2, 0.25) is 5.89 Å². The fraction of sp³-hybridized carbons (Fsp3) is 0.467. The summed E-state index contributed by atoms with van der Waals surface area (Å²) in [5.74, 6) is 1.44. The molecule has 1 aromatic heterocycles. The standard InChI is InChI=1S/C15H22N4O2/c1-11(2)16-9-14-17-18-15(21-14)19(3)10-12-7-5-6-8-13(12)20-4/h5-8,11,16H,9-10H2,1-4H3. The Labute approximate surface area is 125 Å². The minimum absolute atomic E-state index is 0.381. The summed E-state index contributed by atoms with van der Waals surface area (Å²) in [7, 11) is 3.58. The van der Waals surface area contributed by atoms with Crippen molar-refractivity contribution in [1.29, 1.82) is 0 Å². The zero-order valence-corrected chi connectivity index (χ0v) is 13.0. The van der Waals surface area contributed by atoms with Crippen molar-refractivity contribution in [2.75, 3.05) is 19.1 Å². The second kappa shape index (κ2) is 7.08. The second-order valence-corrected chi connectivity index (χ2v) is 5.18. The molecule has 0 fully saturated rings. The number of ether oxygens (including phenoxy) is 1. The third-order valence-electron chi connectivity index (χ3n) is 3.04. The highest BCUT2D eigenvalue weighted by Crippen LogP contribution is 2.21. The Hall–Kier alpha value is -2.08. The van der Waals surface area contributed by atoms with Gasteiger partial charge in [-0.3, -0.25) is 0 Å². The van der Waals surface area contributed by atoms with Crippen molar-refractivity contribution >= 4 is 6.01 Å². The molecule has 114 valence electrons. The van der Waals surface area contributed by atoms with Crippen LogP contribution in [0.3, 0.4) is 0 Å². The quantitative estimate of drug-likeness (QED) is 0.843. The summed E-state index contributed by atoms with van der Waals surface area (Å²) in [6.45, 7) is 5.37. The predicted octanol–water partition coefficient (Wildman–Crippen LogP) is 2.21. The highest BCUT2D eigenvalue weighted by atomic mass is 16.5. The van der Waals surface area contributed by atoms with Crippen LogP contribution in [0.1, 0.15) is 25.3 Å². The van der Waals surface area contributed by atoms with E-state index in [4.69, 9.17) is 9.15 Å². The molecule has 1 aromatic carbocycles. The van der Waals surface area contributed by atoms with Gasteiger partial charge in [0, 0.05) is 18.7 Å². The van der Waals surface area contributed by atoms with E-state index in [1.807, 2.05) is 36.2 Å². The van der Waals surface area contributed by atoms with Gasteiger partial charge in [0.05, 0.1) is 20.2 Å². The number of nitrogens with one attached hydrogen (secondary N) is 1. The molecule has 6 heteroatoms. The Morgan fingerprint density at radius 1 is 1.29 bits per heavy atom. The minimum Gasteiger partial charge on any atom is -0.496 e. The summed E-state index contributed by atoms with van der Waals surface area (Å²) in [5, 5.41) is 11.4. The number of anilines is 1. The Kier molecular flexibility index (Phi) is 5.16. The van der Waals surface area contributed by atoms with E-state index >= 15 is 0 Å². The van der Waals surface area contributed by atoms with E-state index in [2.05, 4.69) is 29.4 Å². The largest absolute Gasteiger partial charge is 0.496 e. The molecule has 21 heavy (non-hydrogen) atoms. The zero-order valence-electron chi connectivity index (χ0n) is 13.0. The van der Waals surface area contributed by atoms with Crippen molar-refractivity contribution in [2.24, 2.45) is 0 Å². The number of rotatable bonds is 7. The van der Waals surface area contributed by atoms with E-state index in [0.717, 1.165) is 11.3 Å². The van der Waals surface area contributed by atoms with Gasteiger partial charge in [0.1, 0.15) is 5.75 Å². The molecule has 0 unspecified atom stereocenters. The first-order chi connectivity index (χ1) is 10.1. The van der Waals surface area contributed by atoms with Crippen LogP contribution < -0.4 is 15.0 Å². The summed E-state index contributed by atoms with van der Waals surface area (Å²) < 4.78 is 11.0. The van der Waals surface area contributed by atoms with Gasteiger partial charge >= 0.3 is 6.01 Å². The van der Waals surface area contributed by atoms with Gasteiger partial charge < -0.3 is 19.4 Å². The van der Waals surface area contributed by atoms with Crippen LogP contribution in [0.4, 0.5) is 6.01 Å². The lowest BCUT2D eigenvalue weighted by Gasteiger charge is -2.16. The second-order valence-electron chi connectivity index (χ2n) is 5.18. The van der Waals surface area contributed by atoms with Crippen molar-refractivity contribution in [3.8, 4) is 5.75 Å². The fourth-order valence-corrected chi connectivity index (χ4v) is 1.92. The first kappa shape index (κ1) is 15.3. The van der Waals surface area contributed by atoms with Crippen molar-refractivity contribution in [1.82, 2.24) is 15.5 Å². The Balaban J connectivity index is 2.01. The van der Waals surface area contributed by atoms with E-state index < -0.39 is 0 Å². The molecule has 0 bridgehead atoms. The van der Waals surface area contributed by atoms with Crippen molar-refractivity contribution in [2.45, 2.75) is 33.0 Å². The molecule has 0 saturated carbocycles. The van der Waals surface area contributed by atoms with E-state index in [1.165, 1.54) is 0 Å². The van der Waals surface area contributed by atoms with Gasteiger partial charge in [-0.25, -0.2) is 0 Å². The van der Waals surface area contributed by atoms with E-state index in [-0.39, 0.29) is 0 Å². The summed E-state index contributed by atoms with van der Waals surface area (Å²) in [6.07, 6.45) is 0. The number of hydrogen-bond donors (Lipinski definition) is 1. The van der Waals surface area contributed by atoms with Gasteiger partial charge in [-0.2, -0.15) is 0 Å². The van der Waals surface area contributed by atoms with Crippen LogP contribution in [0.5, 0.6) is 5.75 Å². The third-order valence-corrected chi connectivity index (χ3v) is 3.04. The molecular formula is C15H22N4O2. The van der Waals surface area contributed by atoms with Gasteiger partial charge in [0.15, 0.2) is 0 Å². The molecule has 0 atom stereocenters. The molecule has 0 aliphatic rings. The smallest absolute Gasteiger partial charge is 0.318 e. The van der Waals surface area contributed by atoms with Crippen LogP contribution in [0.25, 0.3) is 0 Å². The maximum atomic E-state index is 5.64. The van der Waals surface area contributed by atoms with Crippen molar-refractivity contribution < 1.29 is 9.15 Å². The number of hydrogen-bond acceptors (Lipinski definition) is 6. The molecule has 2 rings (SSSR count). The molecule has 0 spiro atoms. The normalized spacial score (nSPS) is 10.9. The van der Waals surface area contributed by atoms with Gasteiger partial charge in [-0.05, 0) is 6.07 Å². The number of nitrogens with zero attached hydrogens (tertiary/aromatic N) is 3. The molecule has 2 aromatic rings. The molecule has 0 amide bonds. The number of para-hydroxylation sites is 1. The SMILES string of the molecule is COc1ccccc1CN(C)c1nnc(CNC(C)C)o1.